The molecule has 0 saturated carbocycles. The zero-order valence-corrected chi connectivity index (χ0v) is 11.2. The molecule has 0 unspecified atom stereocenters. The Morgan fingerprint density at radius 3 is 2.76 bits per heavy atom. The van der Waals surface area contributed by atoms with Gasteiger partial charge in [-0.25, -0.2) is 9.97 Å². The maximum Gasteiger partial charge on any atom is 0.208 e. The summed E-state index contributed by atoms with van der Waals surface area (Å²) in [7, 11) is 0. The Kier molecular flexibility index (Phi) is 3.91. The van der Waals surface area contributed by atoms with Gasteiger partial charge in [-0.2, -0.15) is 0 Å². The summed E-state index contributed by atoms with van der Waals surface area (Å²) in [6.45, 7) is 7.61. The lowest BCUT2D eigenvalue weighted by molar-refractivity contribution is 0.439. The van der Waals surface area contributed by atoms with Crippen LogP contribution >= 0.6 is 11.3 Å². The third kappa shape index (κ3) is 3.14. The SMILES string of the molecule is CCc1cnc(CNCc2nc(C)c(C)s2)o1. The molecule has 0 bridgehead atoms. The normalized spacial score (nSPS) is 11.0. The molecule has 0 aliphatic rings. The third-order valence-electron chi connectivity index (χ3n) is 2.58. The van der Waals surface area contributed by atoms with Crippen molar-refractivity contribution in [2.75, 3.05) is 0 Å². The Hall–Kier alpha value is -1.20. The van der Waals surface area contributed by atoms with Gasteiger partial charge in [0.05, 0.1) is 18.4 Å². The number of aryl methyl sites for hydroxylation is 3. The maximum absolute atomic E-state index is 5.51. The van der Waals surface area contributed by atoms with Gasteiger partial charge in [-0.05, 0) is 13.8 Å². The minimum atomic E-state index is 0.650. The van der Waals surface area contributed by atoms with E-state index in [4.69, 9.17) is 4.42 Å². The van der Waals surface area contributed by atoms with Gasteiger partial charge in [-0.1, -0.05) is 6.92 Å². The van der Waals surface area contributed by atoms with Crippen molar-refractivity contribution < 1.29 is 4.42 Å². The van der Waals surface area contributed by atoms with Crippen molar-refractivity contribution in [1.29, 1.82) is 0 Å². The molecule has 5 heteroatoms. The highest BCUT2D eigenvalue weighted by Gasteiger charge is 2.05. The van der Waals surface area contributed by atoms with E-state index in [2.05, 4.69) is 29.1 Å². The van der Waals surface area contributed by atoms with Crippen LogP contribution < -0.4 is 5.32 Å². The summed E-state index contributed by atoms with van der Waals surface area (Å²) in [5.74, 6) is 1.68. The van der Waals surface area contributed by atoms with E-state index in [0.717, 1.165) is 35.3 Å². The highest BCUT2D eigenvalue weighted by Crippen LogP contribution is 2.16. The van der Waals surface area contributed by atoms with E-state index in [1.807, 2.05) is 6.92 Å². The Balaban J connectivity index is 1.83. The standard InChI is InChI=1S/C12H17N3OS/c1-4-10-5-14-11(16-10)6-13-7-12-15-8(2)9(3)17-12/h5,13H,4,6-7H2,1-3H3. The molecular weight excluding hydrogens is 234 g/mol. The molecule has 4 nitrogen and oxygen atoms in total. The van der Waals surface area contributed by atoms with Crippen LogP contribution in [0.5, 0.6) is 0 Å². The number of hydrogen-bond donors (Lipinski definition) is 1. The van der Waals surface area contributed by atoms with Crippen LogP contribution in [0, 0.1) is 13.8 Å². The van der Waals surface area contributed by atoms with Crippen LogP contribution in [0.4, 0.5) is 0 Å². The molecule has 0 fully saturated rings. The number of thiazole rings is 1. The van der Waals surface area contributed by atoms with E-state index < -0.39 is 0 Å². The summed E-state index contributed by atoms with van der Waals surface area (Å²) in [5.41, 5.74) is 1.12. The molecular formula is C12H17N3OS. The van der Waals surface area contributed by atoms with Crippen molar-refractivity contribution >= 4 is 11.3 Å². The zero-order valence-electron chi connectivity index (χ0n) is 10.4. The molecule has 0 radical (unpaired) electrons. The topological polar surface area (TPSA) is 51.0 Å². The lowest BCUT2D eigenvalue weighted by Gasteiger charge is -1.98. The smallest absolute Gasteiger partial charge is 0.208 e. The molecule has 0 aromatic carbocycles. The van der Waals surface area contributed by atoms with Gasteiger partial charge < -0.3 is 9.73 Å². The monoisotopic (exact) mass is 251 g/mol. The predicted molar refractivity (Wildman–Crippen MR) is 68.0 cm³/mol. The van der Waals surface area contributed by atoms with Crippen LogP contribution in [-0.4, -0.2) is 9.97 Å². The van der Waals surface area contributed by atoms with Crippen molar-refractivity contribution in [3.05, 3.63) is 33.4 Å². The van der Waals surface area contributed by atoms with E-state index in [1.54, 1.807) is 17.5 Å². The Labute approximate surface area is 105 Å². The molecule has 0 saturated heterocycles. The minimum Gasteiger partial charge on any atom is -0.444 e. The Morgan fingerprint density at radius 1 is 1.35 bits per heavy atom. The summed E-state index contributed by atoms with van der Waals surface area (Å²) in [5, 5.41) is 4.40. The van der Waals surface area contributed by atoms with Crippen LogP contribution in [-0.2, 0) is 19.5 Å². The van der Waals surface area contributed by atoms with Crippen molar-refractivity contribution in [1.82, 2.24) is 15.3 Å². The first-order valence-electron chi connectivity index (χ1n) is 5.76. The fraction of sp³-hybridized carbons (Fsp3) is 0.500. The number of hydrogen-bond acceptors (Lipinski definition) is 5. The molecule has 92 valence electrons. The summed E-state index contributed by atoms with van der Waals surface area (Å²) < 4.78 is 5.51. The third-order valence-corrected chi connectivity index (χ3v) is 3.65. The Morgan fingerprint density at radius 2 is 2.18 bits per heavy atom. The van der Waals surface area contributed by atoms with E-state index >= 15 is 0 Å². The van der Waals surface area contributed by atoms with Crippen molar-refractivity contribution in [3.63, 3.8) is 0 Å². The first kappa shape index (κ1) is 12.3. The lowest BCUT2D eigenvalue weighted by Crippen LogP contribution is -2.12. The predicted octanol–water partition coefficient (Wildman–Crippen LogP) is 2.60. The number of nitrogens with one attached hydrogen (secondary N) is 1. The van der Waals surface area contributed by atoms with E-state index in [-0.39, 0.29) is 0 Å². The molecule has 0 spiro atoms. The molecule has 2 aromatic heterocycles. The lowest BCUT2D eigenvalue weighted by atomic mass is 10.4. The van der Waals surface area contributed by atoms with E-state index in [0.29, 0.717) is 6.54 Å². The van der Waals surface area contributed by atoms with Crippen LogP contribution in [0.3, 0.4) is 0 Å². The van der Waals surface area contributed by atoms with Gasteiger partial charge >= 0.3 is 0 Å². The van der Waals surface area contributed by atoms with Gasteiger partial charge in [0.2, 0.25) is 5.89 Å². The van der Waals surface area contributed by atoms with Gasteiger partial charge in [0.1, 0.15) is 10.8 Å². The maximum atomic E-state index is 5.51. The molecule has 2 aromatic rings. The second-order valence-corrected chi connectivity index (χ2v) is 5.21. The molecule has 2 rings (SSSR count). The first-order chi connectivity index (χ1) is 8.19. The average molecular weight is 251 g/mol. The molecule has 0 aliphatic heterocycles. The summed E-state index contributed by atoms with van der Waals surface area (Å²) in [6, 6.07) is 0. The van der Waals surface area contributed by atoms with Crippen LogP contribution in [0.2, 0.25) is 0 Å². The van der Waals surface area contributed by atoms with Gasteiger partial charge in [0, 0.05) is 17.8 Å². The first-order valence-corrected chi connectivity index (χ1v) is 6.58. The number of rotatable bonds is 5. The van der Waals surface area contributed by atoms with E-state index in [1.165, 1.54) is 4.88 Å². The largest absolute Gasteiger partial charge is 0.444 e. The number of nitrogens with zero attached hydrogens (tertiary/aromatic N) is 2. The fourth-order valence-corrected chi connectivity index (χ4v) is 2.39. The van der Waals surface area contributed by atoms with Crippen molar-refractivity contribution in [2.24, 2.45) is 0 Å². The second kappa shape index (κ2) is 5.42. The summed E-state index contributed by atoms with van der Waals surface area (Å²) >= 11 is 1.73. The van der Waals surface area contributed by atoms with Gasteiger partial charge in [0.25, 0.3) is 0 Å². The Bertz CT molecular complexity index is 470. The van der Waals surface area contributed by atoms with Crippen LogP contribution in [0.1, 0.15) is 34.2 Å². The van der Waals surface area contributed by atoms with Gasteiger partial charge in [-0.15, -0.1) is 11.3 Å². The van der Waals surface area contributed by atoms with Gasteiger partial charge in [-0.3, -0.25) is 0 Å². The number of aromatic nitrogens is 2. The van der Waals surface area contributed by atoms with Crippen molar-refractivity contribution in [2.45, 2.75) is 40.3 Å². The minimum absolute atomic E-state index is 0.650. The summed E-state index contributed by atoms with van der Waals surface area (Å²) in [4.78, 5) is 9.95. The van der Waals surface area contributed by atoms with E-state index in [9.17, 15) is 0 Å². The van der Waals surface area contributed by atoms with Crippen LogP contribution in [0.25, 0.3) is 0 Å². The molecule has 0 atom stereocenters. The molecule has 1 N–H and O–H groups in total. The zero-order chi connectivity index (χ0) is 12.3. The quantitative estimate of drug-likeness (QED) is 0.887. The van der Waals surface area contributed by atoms with Crippen LogP contribution in [0.15, 0.2) is 10.6 Å². The van der Waals surface area contributed by atoms with Crippen molar-refractivity contribution in [3.8, 4) is 0 Å². The molecule has 0 amide bonds. The molecule has 0 aliphatic carbocycles. The second-order valence-electron chi connectivity index (χ2n) is 3.93. The van der Waals surface area contributed by atoms with Gasteiger partial charge in [0.15, 0.2) is 0 Å². The highest BCUT2D eigenvalue weighted by atomic mass is 32.1. The summed E-state index contributed by atoms with van der Waals surface area (Å²) in [6.07, 6.45) is 2.67. The fourth-order valence-electron chi connectivity index (χ4n) is 1.48. The number of oxazole rings is 1. The molecule has 2 heterocycles. The highest BCUT2D eigenvalue weighted by molar-refractivity contribution is 7.11. The molecule has 17 heavy (non-hydrogen) atoms. The average Bonchev–Trinajstić information content (AvgIpc) is 2.87.